The minimum absolute atomic E-state index is 0. The van der Waals surface area contributed by atoms with Crippen molar-refractivity contribution in [2.45, 2.75) is 0 Å². The molecule has 0 aromatic carbocycles. The SMILES string of the molecule is O=S(=O)(O)O.O=S(=O)(O)O.O=S(=O)(O)O.O=S(=O)(O)O.O=S(=O)(O)O.[NaH].[NaH].[NaH].[NaH].[NaH].[NaH].[NaH].[NaH].[NaH].[NaH].[NaH].[NaH].[NaH].[NaH].[NaH].[NaH].[NaH].[NaH].[NaH].[NaH].[NaH].[NaH].[NaH].[NaH].[NaH].[NaH].[NaH].[NaH].[NaH]. The van der Waals surface area contributed by atoms with Crippen LogP contribution >= 0.6 is 0 Å². The zero-order valence-corrected chi connectivity index (χ0v) is 14.7. The Kier molecular flexibility index (Phi) is 666. The molecular formula is H39Na29O20S5. The number of hydrogen-bond acceptors (Lipinski definition) is 10. The quantitative estimate of drug-likeness (QED) is 0.0795. The molecule has 10 N–H and O–H groups in total. The zero-order chi connectivity index (χ0) is 22.5. The molecule has 54 heavy (non-hydrogen) atoms. The number of hydrogen-bond donors (Lipinski definition) is 10. The third kappa shape index (κ3) is 629. The van der Waals surface area contributed by atoms with Crippen LogP contribution in [0.5, 0.6) is 0 Å². The summed E-state index contributed by atoms with van der Waals surface area (Å²) in [7, 11) is -23.3. The summed E-state index contributed by atoms with van der Waals surface area (Å²) in [6.07, 6.45) is 0. The Balaban J connectivity index is -0.00000000255. The second kappa shape index (κ2) is 154. The first kappa shape index (κ1) is 233. The summed E-state index contributed by atoms with van der Waals surface area (Å²) in [6.45, 7) is 0. The van der Waals surface area contributed by atoms with Gasteiger partial charge in [0.05, 0.1) is 0 Å². The van der Waals surface area contributed by atoms with Crippen LogP contribution in [0.2, 0.25) is 0 Å². The van der Waals surface area contributed by atoms with E-state index in [1.165, 1.54) is 0 Å². The Morgan fingerprint density at radius 3 is 0.130 bits per heavy atom. The third-order valence-corrected chi connectivity index (χ3v) is 0. The van der Waals surface area contributed by atoms with E-state index in [1.807, 2.05) is 0 Å². The Bertz CT molecular complexity index is 662. The van der Waals surface area contributed by atoms with Gasteiger partial charge in [-0.3, -0.25) is 45.5 Å². The van der Waals surface area contributed by atoms with Gasteiger partial charge in [-0.2, -0.15) is 42.1 Å². The summed E-state index contributed by atoms with van der Waals surface area (Å²) < 4.78 is 158. The van der Waals surface area contributed by atoms with Crippen LogP contribution in [0.1, 0.15) is 0 Å². The van der Waals surface area contributed by atoms with Gasteiger partial charge in [0.2, 0.25) is 0 Å². The van der Waals surface area contributed by atoms with E-state index in [9.17, 15) is 0 Å². The second-order valence-electron chi connectivity index (χ2n) is 2.24. The summed E-state index contributed by atoms with van der Waals surface area (Å²) in [5.74, 6) is 0. The van der Waals surface area contributed by atoms with Crippen LogP contribution in [0.15, 0.2) is 0 Å². The molecule has 0 radical (unpaired) electrons. The van der Waals surface area contributed by atoms with Crippen LogP contribution in [0.4, 0.5) is 0 Å². The van der Waals surface area contributed by atoms with Crippen molar-refractivity contribution < 1.29 is 87.6 Å². The summed E-state index contributed by atoms with van der Waals surface area (Å²) in [5.41, 5.74) is 0. The van der Waals surface area contributed by atoms with Crippen molar-refractivity contribution in [3.8, 4) is 0 Å². The fourth-order valence-corrected chi connectivity index (χ4v) is 0. The third-order valence-electron chi connectivity index (χ3n) is 0. The van der Waals surface area contributed by atoms with Crippen molar-refractivity contribution in [2.75, 3.05) is 0 Å². The normalized spacial score (nSPS) is 5.37. The molecule has 0 rings (SSSR count). The Labute approximate surface area is 964 Å². The maximum absolute atomic E-state index is 8.74. The molecule has 0 aliphatic heterocycles. The molecule has 0 aliphatic rings. The molecule has 0 unspecified atom stereocenters. The predicted octanol–water partition coefficient (Wildman–Crippen LogP) is -22.1. The van der Waals surface area contributed by atoms with E-state index < -0.39 is 52.0 Å². The van der Waals surface area contributed by atoms with Crippen LogP contribution in [-0.2, 0) is 52.0 Å². The average molecular weight is 1190 g/mol. The molecule has 0 saturated carbocycles. The van der Waals surface area contributed by atoms with Gasteiger partial charge in [-0.25, -0.2) is 0 Å². The summed E-state index contributed by atoms with van der Waals surface area (Å²) in [5, 5.41) is 0. The van der Waals surface area contributed by atoms with E-state index in [1.54, 1.807) is 0 Å². The Morgan fingerprint density at radius 2 is 0.130 bits per heavy atom. The summed E-state index contributed by atoms with van der Waals surface area (Å²) in [6, 6.07) is 0. The maximum atomic E-state index is 8.74. The molecule has 0 saturated heterocycles. The van der Waals surface area contributed by atoms with Gasteiger partial charge < -0.3 is 0 Å². The van der Waals surface area contributed by atoms with Crippen LogP contribution in [0.25, 0.3) is 0 Å². The molecule has 20 nitrogen and oxygen atoms in total. The summed E-state index contributed by atoms with van der Waals surface area (Å²) >= 11 is 0. The van der Waals surface area contributed by atoms with Gasteiger partial charge in [-0.1, -0.05) is 0 Å². The van der Waals surface area contributed by atoms with Gasteiger partial charge in [-0.05, 0) is 0 Å². The first-order valence-electron chi connectivity index (χ1n) is 3.49. The molecule has 0 amide bonds. The standard InChI is InChI=1S/29Na.5H2O4S.29H/c;;;;;;;;;;;;;;;;;;;;;;;;;;;;;5*1-5(2,3)4;;;;;;;;;;;;;;;;;;;;;;;;;;;;;/h;;;;;;;;;;;;;;;;;;;;;;;;;;;;;5*(H2,1,2,3,4);;;;;;;;;;;;;;;;;;;;;;;;;;;;;. The van der Waals surface area contributed by atoms with Crippen molar-refractivity contribution in [1.29, 1.82) is 0 Å². The molecule has 0 aromatic heterocycles. The summed E-state index contributed by atoms with van der Waals surface area (Å²) in [4.78, 5) is 0. The van der Waals surface area contributed by atoms with E-state index in [0.29, 0.717) is 0 Å². The molecule has 0 bridgehead atoms. The molecule has 0 atom stereocenters. The van der Waals surface area contributed by atoms with E-state index in [0.717, 1.165) is 0 Å². The fourth-order valence-electron chi connectivity index (χ4n) is 0. The second-order valence-corrected chi connectivity index (χ2v) is 6.72. The molecule has 0 fully saturated rings. The van der Waals surface area contributed by atoms with E-state index in [2.05, 4.69) is 0 Å². The van der Waals surface area contributed by atoms with Gasteiger partial charge in [0, 0.05) is 0 Å². The Morgan fingerprint density at radius 1 is 0.130 bits per heavy atom. The molecule has 218 valence electrons. The molecule has 0 spiro atoms. The molecule has 0 aromatic rings. The average Bonchev–Trinajstić information content (AvgIpc) is 1.79. The van der Waals surface area contributed by atoms with Gasteiger partial charge in [-0.15, -0.1) is 0 Å². The van der Waals surface area contributed by atoms with Crippen molar-refractivity contribution in [3.63, 3.8) is 0 Å². The molecular weight excluding hydrogens is 1150 g/mol. The van der Waals surface area contributed by atoms with Gasteiger partial charge >= 0.3 is 909 Å². The van der Waals surface area contributed by atoms with Gasteiger partial charge in [0.25, 0.3) is 0 Å². The fraction of sp³-hybridized carbons (Fsp3) is 0. The predicted molar refractivity (Wildman–Crippen MR) is 278 cm³/mol. The van der Waals surface area contributed by atoms with Crippen molar-refractivity contribution in [1.82, 2.24) is 0 Å². The van der Waals surface area contributed by atoms with Crippen molar-refractivity contribution >= 4 is 909 Å². The minimum atomic E-state index is -4.67. The van der Waals surface area contributed by atoms with Crippen molar-refractivity contribution in [3.05, 3.63) is 0 Å². The van der Waals surface area contributed by atoms with Crippen LogP contribution in [-0.4, -0.2) is 945 Å². The van der Waals surface area contributed by atoms with E-state index in [4.69, 9.17) is 87.6 Å². The number of rotatable bonds is 0. The Hall–Kier alpha value is 28.4. The van der Waals surface area contributed by atoms with Gasteiger partial charge in [0.15, 0.2) is 0 Å². The topological polar surface area (TPSA) is 373 Å². The van der Waals surface area contributed by atoms with Gasteiger partial charge in [0.1, 0.15) is 0 Å². The molecule has 0 aliphatic carbocycles. The molecule has 0 heterocycles. The van der Waals surface area contributed by atoms with E-state index in [-0.39, 0.29) is 857 Å². The van der Waals surface area contributed by atoms with Crippen LogP contribution in [0.3, 0.4) is 0 Å². The van der Waals surface area contributed by atoms with Crippen LogP contribution < -0.4 is 0 Å². The van der Waals surface area contributed by atoms with E-state index >= 15 is 0 Å². The van der Waals surface area contributed by atoms with Crippen molar-refractivity contribution in [2.24, 2.45) is 0 Å². The van der Waals surface area contributed by atoms with Crippen LogP contribution in [0, 0.1) is 0 Å². The zero-order valence-electron chi connectivity index (χ0n) is 10.6. The monoisotopic (exact) mass is 1190 g/mol. The first-order chi connectivity index (χ1) is 10.0. The first-order valence-corrected chi connectivity index (χ1v) is 10.5. The molecule has 54 heteroatoms.